The lowest BCUT2D eigenvalue weighted by Gasteiger charge is -2.13. The van der Waals surface area contributed by atoms with E-state index in [9.17, 15) is 10.2 Å². The smallest absolute Gasteiger partial charge is 0.123 e. The molecule has 0 amide bonds. The van der Waals surface area contributed by atoms with Gasteiger partial charge in [0, 0.05) is 16.9 Å². The molecule has 0 radical (unpaired) electrons. The van der Waals surface area contributed by atoms with E-state index in [1.807, 2.05) is 54.6 Å². The molecule has 0 spiro atoms. The van der Waals surface area contributed by atoms with E-state index in [-0.39, 0.29) is 6.61 Å². The van der Waals surface area contributed by atoms with Gasteiger partial charge < -0.3 is 14.9 Å². The van der Waals surface area contributed by atoms with E-state index in [2.05, 4.69) is 6.07 Å². The van der Waals surface area contributed by atoms with Crippen molar-refractivity contribution in [1.29, 1.82) is 0 Å². The molecule has 0 bridgehead atoms. The third-order valence-electron chi connectivity index (χ3n) is 3.74. The molecule has 3 nitrogen and oxygen atoms in total. The predicted molar refractivity (Wildman–Crippen MR) is 99.7 cm³/mol. The first-order valence-corrected chi connectivity index (χ1v) is 9.03. The summed E-state index contributed by atoms with van der Waals surface area (Å²) < 4.78 is 5.56. The first kappa shape index (κ1) is 16.7. The number of phenols is 1. The third kappa shape index (κ3) is 4.22. The van der Waals surface area contributed by atoms with Gasteiger partial charge in [-0.3, -0.25) is 0 Å². The highest BCUT2D eigenvalue weighted by molar-refractivity contribution is 7.98. The van der Waals surface area contributed by atoms with Crippen molar-refractivity contribution in [2.75, 3.05) is 12.4 Å². The van der Waals surface area contributed by atoms with Gasteiger partial charge in [-0.25, -0.2) is 0 Å². The molecule has 4 heteroatoms. The molecule has 0 fully saturated rings. The Labute approximate surface area is 145 Å². The van der Waals surface area contributed by atoms with Crippen LogP contribution in [0.3, 0.4) is 0 Å². The third-order valence-corrected chi connectivity index (χ3v) is 4.88. The minimum Gasteiger partial charge on any atom is -0.507 e. The quantitative estimate of drug-likeness (QED) is 0.676. The van der Waals surface area contributed by atoms with Crippen LogP contribution < -0.4 is 4.74 Å². The molecule has 3 rings (SSSR count). The van der Waals surface area contributed by atoms with E-state index >= 15 is 0 Å². The Balaban J connectivity index is 1.52. The molecule has 3 aromatic carbocycles. The first-order chi connectivity index (χ1) is 11.7. The topological polar surface area (TPSA) is 49.7 Å². The zero-order valence-corrected chi connectivity index (χ0v) is 14.1. The number of thioether (sulfide) groups is 1. The van der Waals surface area contributed by atoms with Crippen LogP contribution in [0.15, 0.2) is 66.7 Å². The summed E-state index contributed by atoms with van der Waals surface area (Å²) in [4.78, 5) is 0. The van der Waals surface area contributed by atoms with Gasteiger partial charge in [-0.1, -0.05) is 48.5 Å². The molecule has 124 valence electrons. The number of ether oxygens (including phenoxy) is 1. The molecule has 24 heavy (non-hydrogen) atoms. The molecule has 0 aliphatic carbocycles. The molecule has 0 heterocycles. The highest BCUT2D eigenvalue weighted by Crippen LogP contribution is 2.29. The normalized spacial score (nSPS) is 12.2. The van der Waals surface area contributed by atoms with Crippen molar-refractivity contribution in [2.45, 2.75) is 11.9 Å². The summed E-state index contributed by atoms with van der Waals surface area (Å²) in [5.41, 5.74) is 1.16. The Bertz CT molecular complexity index is 789. The van der Waals surface area contributed by atoms with Crippen molar-refractivity contribution in [1.82, 2.24) is 0 Å². The Morgan fingerprint density at radius 3 is 2.46 bits per heavy atom. The zero-order chi connectivity index (χ0) is 16.8. The van der Waals surface area contributed by atoms with Crippen LogP contribution in [0, 0.1) is 0 Å². The monoisotopic (exact) mass is 340 g/mol. The number of hydrogen-bond donors (Lipinski definition) is 2. The van der Waals surface area contributed by atoms with Gasteiger partial charge in [-0.05, 0) is 29.1 Å². The largest absolute Gasteiger partial charge is 0.507 e. The Kier molecular flexibility index (Phi) is 5.62. The predicted octanol–water partition coefficient (Wildman–Crippen LogP) is 4.22. The van der Waals surface area contributed by atoms with Gasteiger partial charge in [-0.2, -0.15) is 11.8 Å². The lowest BCUT2D eigenvalue weighted by atomic mass is 10.1. The molecular formula is C20H20O3S. The van der Waals surface area contributed by atoms with Crippen LogP contribution in [-0.2, 0) is 5.75 Å². The molecule has 1 atom stereocenters. The number of benzene rings is 3. The summed E-state index contributed by atoms with van der Waals surface area (Å²) in [7, 11) is 0. The maximum absolute atomic E-state index is 10.1. The van der Waals surface area contributed by atoms with Gasteiger partial charge in [-0.15, -0.1) is 0 Å². The number of fused-ring (bicyclic) bond motifs is 1. The summed E-state index contributed by atoms with van der Waals surface area (Å²) in [5.74, 6) is 2.45. The number of aromatic hydroxyl groups is 1. The second kappa shape index (κ2) is 8.08. The van der Waals surface area contributed by atoms with Crippen LogP contribution in [0.5, 0.6) is 11.5 Å². The van der Waals surface area contributed by atoms with Gasteiger partial charge in [0.2, 0.25) is 0 Å². The molecule has 0 aromatic heterocycles. The van der Waals surface area contributed by atoms with Gasteiger partial charge in [0.15, 0.2) is 0 Å². The fourth-order valence-corrected chi connectivity index (χ4v) is 3.50. The molecule has 1 unspecified atom stereocenters. The molecular weight excluding hydrogens is 320 g/mol. The summed E-state index contributed by atoms with van der Waals surface area (Å²) in [5, 5.41) is 21.9. The van der Waals surface area contributed by atoms with Crippen molar-refractivity contribution in [3.8, 4) is 11.5 Å². The van der Waals surface area contributed by atoms with Crippen molar-refractivity contribution in [3.05, 3.63) is 72.3 Å². The van der Waals surface area contributed by atoms with Crippen LogP contribution in [0.25, 0.3) is 10.8 Å². The van der Waals surface area contributed by atoms with Crippen molar-refractivity contribution < 1.29 is 14.9 Å². The van der Waals surface area contributed by atoms with Crippen LogP contribution >= 0.6 is 11.8 Å². The summed E-state index contributed by atoms with van der Waals surface area (Å²) >= 11 is 1.66. The van der Waals surface area contributed by atoms with E-state index in [0.29, 0.717) is 11.5 Å². The van der Waals surface area contributed by atoms with Crippen molar-refractivity contribution in [2.24, 2.45) is 0 Å². The van der Waals surface area contributed by atoms with Crippen LogP contribution in [0.4, 0.5) is 0 Å². The van der Waals surface area contributed by atoms with Crippen LogP contribution in [-0.4, -0.2) is 28.7 Å². The molecule has 2 N–H and O–H groups in total. The Morgan fingerprint density at radius 1 is 0.875 bits per heavy atom. The SMILES string of the molecule is Oc1cccc2c(CSCC(O)COc3ccccc3)cccc12. The lowest BCUT2D eigenvalue weighted by Crippen LogP contribution is -2.20. The summed E-state index contributed by atoms with van der Waals surface area (Å²) in [6.45, 7) is 0.285. The summed E-state index contributed by atoms with van der Waals surface area (Å²) in [6, 6.07) is 21.0. The highest BCUT2D eigenvalue weighted by atomic mass is 32.2. The number of phenolic OH excluding ortho intramolecular Hbond substituents is 1. The average Bonchev–Trinajstić information content (AvgIpc) is 2.62. The number of rotatable bonds is 7. The number of hydrogen-bond acceptors (Lipinski definition) is 4. The highest BCUT2D eigenvalue weighted by Gasteiger charge is 2.08. The number of aliphatic hydroxyl groups excluding tert-OH is 1. The van der Waals surface area contributed by atoms with E-state index in [0.717, 1.165) is 27.8 Å². The van der Waals surface area contributed by atoms with E-state index in [1.165, 1.54) is 0 Å². The average molecular weight is 340 g/mol. The van der Waals surface area contributed by atoms with Crippen molar-refractivity contribution >= 4 is 22.5 Å². The number of aliphatic hydroxyl groups is 1. The van der Waals surface area contributed by atoms with Gasteiger partial charge >= 0.3 is 0 Å². The molecule has 0 aliphatic heterocycles. The molecule has 0 saturated heterocycles. The van der Waals surface area contributed by atoms with E-state index in [1.54, 1.807) is 17.8 Å². The fourth-order valence-electron chi connectivity index (χ4n) is 2.55. The zero-order valence-electron chi connectivity index (χ0n) is 13.3. The summed E-state index contributed by atoms with van der Waals surface area (Å²) in [6.07, 6.45) is -0.515. The number of para-hydroxylation sites is 1. The van der Waals surface area contributed by atoms with Gasteiger partial charge in [0.05, 0.1) is 6.10 Å². The standard InChI is InChI=1S/C20H20O3S/c21-16(12-23-17-7-2-1-3-8-17)14-24-13-15-6-4-10-19-18(15)9-5-11-20(19)22/h1-11,16,21-22H,12-14H2. The second-order valence-corrected chi connectivity index (χ2v) is 6.61. The molecule has 0 saturated carbocycles. The first-order valence-electron chi connectivity index (χ1n) is 7.87. The van der Waals surface area contributed by atoms with E-state index in [4.69, 9.17) is 4.74 Å². The molecule has 3 aromatic rings. The van der Waals surface area contributed by atoms with Crippen LogP contribution in [0.2, 0.25) is 0 Å². The van der Waals surface area contributed by atoms with E-state index < -0.39 is 6.10 Å². The van der Waals surface area contributed by atoms with Crippen molar-refractivity contribution in [3.63, 3.8) is 0 Å². The van der Waals surface area contributed by atoms with Gasteiger partial charge in [0.1, 0.15) is 18.1 Å². The second-order valence-electron chi connectivity index (χ2n) is 5.58. The van der Waals surface area contributed by atoms with Gasteiger partial charge in [0.25, 0.3) is 0 Å². The Morgan fingerprint density at radius 2 is 1.62 bits per heavy atom. The fraction of sp³-hybridized carbons (Fsp3) is 0.200. The Hall–Kier alpha value is -2.17. The molecule has 0 aliphatic rings. The van der Waals surface area contributed by atoms with Crippen LogP contribution in [0.1, 0.15) is 5.56 Å². The minimum absolute atomic E-state index is 0.285. The minimum atomic E-state index is -0.515. The maximum atomic E-state index is 10.1. The maximum Gasteiger partial charge on any atom is 0.123 e. The lowest BCUT2D eigenvalue weighted by molar-refractivity contribution is 0.126.